The zero-order valence-corrected chi connectivity index (χ0v) is 15.9. The number of likely N-dealkylation sites (N-methyl/N-ethyl adjacent to an activating group) is 1. The fourth-order valence-corrected chi connectivity index (χ4v) is 3.65. The summed E-state index contributed by atoms with van der Waals surface area (Å²) in [5, 5.41) is 5.18. The maximum atomic E-state index is 12.1. The van der Waals surface area contributed by atoms with Crippen molar-refractivity contribution in [3.8, 4) is 5.75 Å². The number of ether oxygens (including phenoxy) is 1. The molecule has 1 N–H and O–H groups in total. The lowest BCUT2D eigenvalue weighted by atomic mass is 10.2. The first-order chi connectivity index (χ1) is 12.2. The number of carbonyl (C=O) groups excluding carboxylic acids is 1. The molecule has 2 rings (SSSR count). The summed E-state index contributed by atoms with van der Waals surface area (Å²) in [5.41, 5.74) is 0. The number of hydrogen-bond donors (Lipinski definition) is 1. The van der Waals surface area contributed by atoms with Crippen LogP contribution in [-0.2, 0) is 4.79 Å². The number of carbonyl (C=O) groups is 1. The molecule has 0 saturated heterocycles. The summed E-state index contributed by atoms with van der Waals surface area (Å²) in [7, 11) is 0. The number of amides is 1. The molecule has 2 aromatic rings. The first kappa shape index (κ1) is 19.5. The van der Waals surface area contributed by atoms with E-state index in [0.29, 0.717) is 19.6 Å². The lowest BCUT2D eigenvalue weighted by Crippen LogP contribution is -2.37. The predicted octanol–water partition coefficient (Wildman–Crippen LogP) is 4.11. The van der Waals surface area contributed by atoms with Gasteiger partial charge < -0.3 is 10.1 Å². The van der Waals surface area contributed by atoms with E-state index in [1.165, 1.54) is 4.88 Å². The van der Waals surface area contributed by atoms with Gasteiger partial charge in [0.15, 0.2) is 0 Å². The van der Waals surface area contributed by atoms with Crippen molar-refractivity contribution in [3.63, 3.8) is 0 Å². The molecule has 136 valence electrons. The van der Waals surface area contributed by atoms with Crippen LogP contribution < -0.4 is 10.1 Å². The molecule has 1 amide bonds. The molecule has 0 bridgehead atoms. The van der Waals surface area contributed by atoms with Crippen molar-refractivity contribution in [2.24, 2.45) is 0 Å². The van der Waals surface area contributed by atoms with Crippen LogP contribution >= 0.6 is 11.3 Å². The van der Waals surface area contributed by atoms with Crippen molar-refractivity contribution in [1.82, 2.24) is 10.2 Å². The van der Waals surface area contributed by atoms with Crippen molar-refractivity contribution < 1.29 is 9.53 Å². The second-order valence-corrected chi connectivity index (χ2v) is 6.80. The fraction of sp³-hybridized carbons (Fsp3) is 0.450. The van der Waals surface area contributed by atoms with Crippen molar-refractivity contribution in [2.45, 2.75) is 32.7 Å². The zero-order chi connectivity index (χ0) is 17.9. The maximum Gasteiger partial charge on any atom is 0.220 e. The van der Waals surface area contributed by atoms with Gasteiger partial charge in [-0.3, -0.25) is 9.69 Å². The lowest BCUT2D eigenvalue weighted by molar-refractivity contribution is -0.121. The smallest absolute Gasteiger partial charge is 0.220 e. The highest BCUT2D eigenvalue weighted by atomic mass is 32.1. The second-order valence-electron chi connectivity index (χ2n) is 5.82. The summed E-state index contributed by atoms with van der Waals surface area (Å²) >= 11 is 1.75. The molecule has 0 radical (unpaired) electrons. The minimum absolute atomic E-state index is 0.0883. The van der Waals surface area contributed by atoms with Crippen LogP contribution in [-0.4, -0.2) is 37.0 Å². The van der Waals surface area contributed by atoms with Gasteiger partial charge in [0.05, 0.1) is 12.6 Å². The van der Waals surface area contributed by atoms with Gasteiger partial charge in [-0.25, -0.2) is 0 Å². The van der Waals surface area contributed by atoms with Crippen LogP contribution in [0.3, 0.4) is 0 Å². The van der Waals surface area contributed by atoms with E-state index in [1.54, 1.807) is 11.3 Å². The van der Waals surface area contributed by atoms with Gasteiger partial charge in [0.25, 0.3) is 0 Å². The molecule has 1 heterocycles. The molecule has 25 heavy (non-hydrogen) atoms. The third-order valence-corrected chi connectivity index (χ3v) is 5.15. The van der Waals surface area contributed by atoms with Crippen LogP contribution in [0.25, 0.3) is 0 Å². The predicted molar refractivity (Wildman–Crippen MR) is 104 cm³/mol. The van der Waals surface area contributed by atoms with E-state index in [0.717, 1.165) is 25.3 Å². The molecule has 4 nitrogen and oxygen atoms in total. The number of benzene rings is 1. The van der Waals surface area contributed by atoms with Crippen LogP contribution in [0.1, 0.15) is 37.6 Å². The van der Waals surface area contributed by atoms with E-state index in [1.807, 2.05) is 30.3 Å². The van der Waals surface area contributed by atoms with Crippen LogP contribution in [0.5, 0.6) is 5.75 Å². The van der Waals surface area contributed by atoms with Gasteiger partial charge in [-0.1, -0.05) is 38.1 Å². The Morgan fingerprint density at radius 2 is 1.92 bits per heavy atom. The Bertz CT molecular complexity index is 597. The van der Waals surface area contributed by atoms with E-state index in [4.69, 9.17) is 4.74 Å². The Labute approximate surface area is 154 Å². The summed E-state index contributed by atoms with van der Waals surface area (Å²) in [6, 6.07) is 14.2. The molecule has 0 saturated carbocycles. The number of para-hydroxylation sites is 1. The Morgan fingerprint density at radius 3 is 2.56 bits per heavy atom. The normalized spacial score (nSPS) is 12.1. The average Bonchev–Trinajstić information content (AvgIpc) is 3.17. The van der Waals surface area contributed by atoms with Gasteiger partial charge in [-0.2, -0.15) is 0 Å². The number of hydrogen-bond acceptors (Lipinski definition) is 4. The van der Waals surface area contributed by atoms with Gasteiger partial charge >= 0.3 is 0 Å². The Morgan fingerprint density at radius 1 is 1.16 bits per heavy atom. The SMILES string of the molecule is CCN(CC)C(CNC(=O)CCCOc1ccccc1)c1cccs1. The number of rotatable bonds is 11. The molecule has 0 spiro atoms. The van der Waals surface area contributed by atoms with Crippen molar-refractivity contribution in [3.05, 3.63) is 52.7 Å². The van der Waals surface area contributed by atoms with Crippen molar-refractivity contribution in [2.75, 3.05) is 26.2 Å². The zero-order valence-electron chi connectivity index (χ0n) is 15.1. The highest BCUT2D eigenvalue weighted by molar-refractivity contribution is 7.10. The number of thiophene rings is 1. The molecule has 0 aliphatic heterocycles. The maximum absolute atomic E-state index is 12.1. The van der Waals surface area contributed by atoms with Crippen molar-refractivity contribution >= 4 is 17.2 Å². The third kappa shape index (κ3) is 6.52. The largest absolute Gasteiger partial charge is 0.494 e. The van der Waals surface area contributed by atoms with Crippen molar-refractivity contribution in [1.29, 1.82) is 0 Å². The fourth-order valence-electron chi connectivity index (χ4n) is 2.79. The average molecular weight is 361 g/mol. The molecule has 0 aliphatic rings. The van der Waals surface area contributed by atoms with Gasteiger partial charge in [0.2, 0.25) is 5.91 Å². The second kappa shape index (κ2) is 10.9. The standard InChI is InChI=1S/C20H28N2O2S/c1-3-22(4-2)18(19-12-9-15-25-19)16-21-20(23)13-8-14-24-17-10-6-5-7-11-17/h5-7,9-12,15,18H,3-4,8,13-14,16H2,1-2H3,(H,21,23). The summed E-state index contributed by atoms with van der Waals surface area (Å²) in [6.07, 6.45) is 1.21. The van der Waals surface area contributed by atoms with E-state index < -0.39 is 0 Å². The molecule has 0 fully saturated rings. The quantitative estimate of drug-likeness (QED) is 0.613. The van der Waals surface area contributed by atoms with Crippen LogP contribution in [0, 0.1) is 0 Å². The molecular weight excluding hydrogens is 332 g/mol. The van der Waals surface area contributed by atoms with Gasteiger partial charge in [-0.15, -0.1) is 11.3 Å². The highest BCUT2D eigenvalue weighted by Crippen LogP contribution is 2.24. The highest BCUT2D eigenvalue weighted by Gasteiger charge is 2.19. The molecule has 5 heteroatoms. The first-order valence-corrected chi connectivity index (χ1v) is 9.84. The van der Waals surface area contributed by atoms with E-state index in [2.05, 4.69) is 41.6 Å². The minimum Gasteiger partial charge on any atom is -0.494 e. The van der Waals surface area contributed by atoms with E-state index >= 15 is 0 Å². The Balaban J connectivity index is 1.73. The molecular formula is C20H28N2O2S. The summed E-state index contributed by atoms with van der Waals surface area (Å²) in [6.45, 7) is 7.47. The number of nitrogens with one attached hydrogen (secondary N) is 1. The van der Waals surface area contributed by atoms with Crippen LogP contribution in [0.4, 0.5) is 0 Å². The molecule has 1 aromatic heterocycles. The van der Waals surface area contributed by atoms with E-state index in [9.17, 15) is 4.79 Å². The third-order valence-electron chi connectivity index (χ3n) is 4.18. The molecule has 1 atom stereocenters. The Kier molecular flexibility index (Phi) is 8.49. The van der Waals surface area contributed by atoms with Gasteiger partial charge in [0, 0.05) is 17.8 Å². The summed E-state index contributed by atoms with van der Waals surface area (Å²) in [4.78, 5) is 15.8. The Hall–Kier alpha value is -1.85. The lowest BCUT2D eigenvalue weighted by Gasteiger charge is -2.29. The summed E-state index contributed by atoms with van der Waals surface area (Å²) < 4.78 is 5.63. The topological polar surface area (TPSA) is 41.6 Å². The first-order valence-electron chi connectivity index (χ1n) is 8.96. The molecule has 0 aliphatic carbocycles. The van der Waals surface area contributed by atoms with Gasteiger partial charge in [0.1, 0.15) is 5.75 Å². The molecule has 1 unspecified atom stereocenters. The van der Waals surface area contributed by atoms with E-state index in [-0.39, 0.29) is 11.9 Å². The van der Waals surface area contributed by atoms with Crippen LogP contribution in [0.15, 0.2) is 47.8 Å². The van der Waals surface area contributed by atoms with Gasteiger partial charge in [-0.05, 0) is 43.1 Å². The molecule has 1 aromatic carbocycles. The monoisotopic (exact) mass is 360 g/mol. The minimum atomic E-state index is 0.0883. The number of nitrogens with zero attached hydrogens (tertiary/aromatic N) is 1. The van der Waals surface area contributed by atoms with Crippen LogP contribution in [0.2, 0.25) is 0 Å². The summed E-state index contributed by atoms with van der Waals surface area (Å²) in [5.74, 6) is 0.938.